The molecule has 0 bridgehead atoms. The van der Waals surface area contributed by atoms with E-state index in [0.29, 0.717) is 17.9 Å². The summed E-state index contributed by atoms with van der Waals surface area (Å²) < 4.78 is 0. The maximum absolute atomic E-state index is 12.4. The zero-order chi connectivity index (χ0) is 18.6. The van der Waals surface area contributed by atoms with Crippen LogP contribution in [0.3, 0.4) is 0 Å². The van der Waals surface area contributed by atoms with Gasteiger partial charge in [0.15, 0.2) is 0 Å². The lowest BCUT2D eigenvalue weighted by atomic mass is 10.0. The molecule has 1 aromatic carbocycles. The quantitative estimate of drug-likeness (QED) is 0.930. The zero-order valence-corrected chi connectivity index (χ0v) is 15.3. The first-order chi connectivity index (χ1) is 11.8. The molecule has 3 amide bonds. The highest BCUT2D eigenvalue weighted by Gasteiger charge is 2.13. The Morgan fingerprint density at radius 1 is 1.04 bits per heavy atom. The fraction of sp³-hybridized carbons (Fsp3) is 0.316. The molecule has 1 aromatic heterocycles. The van der Waals surface area contributed by atoms with Crippen LogP contribution in [0.4, 0.5) is 10.6 Å². The van der Waals surface area contributed by atoms with Crippen molar-refractivity contribution in [2.75, 3.05) is 26.5 Å². The lowest BCUT2D eigenvalue weighted by Gasteiger charge is -2.20. The summed E-state index contributed by atoms with van der Waals surface area (Å²) in [5.41, 5.74) is 3.93. The smallest absolute Gasteiger partial charge is 0.323 e. The maximum Gasteiger partial charge on any atom is 0.323 e. The Morgan fingerprint density at radius 2 is 1.68 bits per heavy atom. The van der Waals surface area contributed by atoms with Gasteiger partial charge in [-0.15, -0.1) is 0 Å². The van der Waals surface area contributed by atoms with Crippen molar-refractivity contribution in [1.82, 2.24) is 14.8 Å². The molecule has 0 aliphatic rings. The van der Waals surface area contributed by atoms with Gasteiger partial charge in [-0.25, -0.2) is 9.78 Å². The van der Waals surface area contributed by atoms with E-state index in [2.05, 4.69) is 10.3 Å². The molecule has 0 saturated carbocycles. The fourth-order valence-electron chi connectivity index (χ4n) is 2.46. The third kappa shape index (κ3) is 4.56. The lowest BCUT2D eigenvalue weighted by molar-refractivity contribution is 0.0827. The van der Waals surface area contributed by atoms with Crippen LogP contribution < -0.4 is 5.32 Å². The number of aryl methyl sites for hydroxylation is 2. The number of carbonyl (C=O) groups excluding carboxylic acids is 2. The Balaban J connectivity index is 2.03. The molecule has 1 N–H and O–H groups in total. The number of amides is 3. The number of aromatic nitrogens is 1. The summed E-state index contributed by atoms with van der Waals surface area (Å²) in [6.45, 7) is 4.59. The number of rotatable bonds is 4. The van der Waals surface area contributed by atoms with Gasteiger partial charge in [0.25, 0.3) is 5.91 Å². The largest absolute Gasteiger partial charge is 0.345 e. The summed E-state index contributed by atoms with van der Waals surface area (Å²) in [6.07, 6.45) is 1.46. The second-order valence-electron chi connectivity index (χ2n) is 6.29. The standard InChI is InChI=1S/C19H24N4O2/c1-13-7-6-8-14(2)16(13)12-23(5)19(25)21-17-10-9-15(11-20-17)18(24)22(3)4/h6-11H,12H2,1-5H3,(H,20,21,25). The van der Waals surface area contributed by atoms with E-state index in [1.807, 2.05) is 32.0 Å². The van der Waals surface area contributed by atoms with Crippen molar-refractivity contribution < 1.29 is 9.59 Å². The highest BCUT2D eigenvalue weighted by atomic mass is 16.2. The molecule has 132 valence electrons. The summed E-state index contributed by atoms with van der Waals surface area (Å²) >= 11 is 0. The monoisotopic (exact) mass is 340 g/mol. The lowest BCUT2D eigenvalue weighted by Crippen LogP contribution is -2.31. The number of carbonyl (C=O) groups is 2. The van der Waals surface area contributed by atoms with Gasteiger partial charge in [-0.3, -0.25) is 10.1 Å². The number of hydrogen-bond acceptors (Lipinski definition) is 3. The molecule has 0 fully saturated rings. The first kappa shape index (κ1) is 18.4. The highest BCUT2D eigenvalue weighted by Crippen LogP contribution is 2.16. The SMILES string of the molecule is Cc1cccc(C)c1CN(C)C(=O)Nc1ccc(C(=O)N(C)C)cn1. The molecule has 2 aromatic rings. The fourth-order valence-corrected chi connectivity index (χ4v) is 2.46. The van der Waals surface area contributed by atoms with E-state index in [1.165, 1.54) is 11.1 Å². The van der Waals surface area contributed by atoms with Gasteiger partial charge in [0.1, 0.15) is 5.82 Å². The predicted molar refractivity (Wildman–Crippen MR) is 98.7 cm³/mol. The highest BCUT2D eigenvalue weighted by molar-refractivity contribution is 5.94. The van der Waals surface area contributed by atoms with Crippen molar-refractivity contribution in [2.24, 2.45) is 0 Å². The molecule has 0 saturated heterocycles. The van der Waals surface area contributed by atoms with Gasteiger partial charge in [-0.05, 0) is 42.7 Å². The summed E-state index contributed by atoms with van der Waals surface area (Å²) in [4.78, 5) is 31.4. The molecule has 0 atom stereocenters. The van der Waals surface area contributed by atoms with E-state index in [0.717, 1.165) is 16.7 Å². The van der Waals surface area contributed by atoms with Crippen LogP contribution in [0.1, 0.15) is 27.0 Å². The molecular formula is C19H24N4O2. The van der Waals surface area contributed by atoms with E-state index in [4.69, 9.17) is 0 Å². The van der Waals surface area contributed by atoms with Crippen LogP contribution in [0, 0.1) is 13.8 Å². The van der Waals surface area contributed by atoms with Gasteiger partial charge in [0.05, 0.1) is 5.56 Å². The number of nitrogens with one attached hydrogen (secondary N) is 1. The van der Waals surface area contributed by atoms with Crippen molar-refractivity contribution in [3.05, 3.63) is 58.8 Å². The Hall–Kier alpha value is -2.89. The zero-order valence-electron chi connectivity index (χ0n) is 15.3. The molecule has 0 aliphatic carbocycles. The van der Waals surface area contributed by atoms with Gasteiger partial charge in [-0.2, -0.15) is 0 Å². The Kier molecular flexibility index (Phi) is 5.75. The van der Waals surface area contributed by atoms with Crippen LogP contribution in [0.2, 0.25) is 0 Å². The molecule has 0 radical (unpaired) electrons. The molecule has 1 heterocycles. The summed E-state index contributed by atoms with van der Waals surface area (Å²) in [7, 11) is 5.10. The number of hydrogen-bond donors (Lipinski definition) is 1. The Bertz CT molecular complexity index is 749. The van der Waals surface area contributed by atoms with E-state index >= 15 is 0 Å². The Morgan fingerprint density at radius 3 is 2.20 bits per heavy atom. The summed E-state index contributed by atoms with van der Waals surface area (Å²) in [6, 6.07) is 9.11. The van der Waals surface area contributed by atoms with Gasteiger partial charge in [-0.1, -0.05) is 18.2 Å². The number of urea groups is 1. The molecule has 6 nitrogen and oxygen atoms in total. The van der Waals surface area contributed by atoms with Crippen LogP contribution in [-0.2, 0) is 6.54 Å². The normalized spacial score (nSPS) is 10.3. The van der Waals surface area contributed by atoms with Crippen molar-refractivity contribution >= 4 is 17.8 Å². The van der Waals surface area contributed by atoms with Gasteiger partial charge in [0, 0.05) is 33.9 Å². The number of anilines is 1. The van der Waals surface area contributed by atoms with E-state index < -0.39 is 0 Å². The average molecular weight is 340 g/mol. The molecule has 25 heavy (non-hydrogen) atoms. The predicted octanol–water partition coefficient (Wildman–Crippen LogP) is 3.06. The summed E-state index contributed by atoms with van der Waals surface area (Å²) in [5.74, 6) is 0.284. The average Bonchev–Trinajstić information content (AvgIpc) is 2.58. The van der Waals surface area contributed by atoms with Crippen molar-refractivity contribution in [3.8, 4) is 0 Å². The molecule has 0 unspecified atom stereocenters. The van der Waals surface area contributed by atoms with Crippen molar-refractivity contribution in [3.63, 3.8) is 0 Å². The molecule has 6 heteroatoms. The second kappa shape index (κ2) is 7.79. The van der Waals surface area contributed by atoms with Gasteiger partial charge >= 0.3 is 6.03 Å². The van der Waals surface area contributed by atoms with E-state index in [-0.39, 0.29) is 11.9 Å². The van der Waals surface area contributed by atoms with Gasteiger partial charge < -0.3 is 9.80 Å². The second-order valence-corrected chi connectivity index (χ2v) is 6.29. The molecular weight excluding hydrogens is 316 g/mol. The van der Waals surface area contributed by atoms with Crippen molar-refractivity contribution in [2.45, 2.75) is 20.4 Å². The molecule has 0 spiro atoms. The first-order valence-corrected chi connectivity index (χ1v) is 8.04. The minimum atomic E-state index is -0.248. The van der Waals surface area contributed by atoms with Crippen LogP contribution in [0.5, 0.6) is 0 Å². The maximum atomic E-state index is 12.4. The minimum Gasteiger partial charge on any atom is -0.345 e. The molecule has 2 rings (SSSR count). The van der Waals surface area contributed by atoms with Crippen molar-refractivity contribution in [1.29, 1.82) is 0 Å². The minimum absolute atomic E-state index is 0.127. The number of benzene rings is 1. The third-order valence-electron chi connectivity index (χ3n) is 4.04. The van der Waals surface area contributed by atoms with E-state index in [1.54, 1.807) is 38.2 Å². The summed E-state index contributed by atoms with van der Waals surface area (Å²) in [5, 5.41) is 2.75. The Labute approximate surface area is 148 Å². The van der Waals surface area contributed by atoms with Crippen LogP contribution in [0.25, 0.3) is 0 Å². The number of nitrogens with zero attached hydrogens (tertiary/aromatic N) is 3. The topological polar surface area (TPSA) is 65.5 Å². The molecule has 0 aliphatic heterocycles. The van der Waals surface area contributed by atoms with Crippen LogP contribution in [-0.4, -0.2) is 47.9 Å². The third-order valence-corrected chi connectivity index (χ3v) is 4.04. The van der Waals surface area contributed by atoms with Crippen LogP contribution in [0.15, 0.2) is 36.5 Å². The first-order valence-electron chi connectivity index (χ1n) is 8.04. The van der Waals surface area contributed by atoms with E-state index in [9.17, 15) is 9.59 Å². The van der Waals surface area contributed by atoms with Gasteiger partial charge in [0.2, 0.25) is 0 Å². The van der Waals surface area contributed by atoms with Crippen LogP contribution >= 0.6 is 0 Å². The number of pyridine rings is 1.